The second kappa shape index (κ2) is 6.77. The Labute approximate surface area is 127 Å². The lowest BCUT2D eigenvalue weighted by molar-refractivity contribution is 0.107. The molecule has 2 rings (SSSR count). The molecule has 112 valence electrons. The lowest BCUT2D eigenvalue weighted by Crippen LogP contribution is -2.12. The molecule has 0 aromatic heterocycles. The summed E-state index contributed by atoms with van der Waals surface area (Å²) in [6.45, 7) is 8.60. The van der Waals surface area contributed by atoms with Gasteiger partial charge < -0.3 is 9.84 Å². The molecule has 1 unspecified atom stereocenters. The summed E-state index contributed by atoms with van der Waals surface area (Å²) in [4.78, 5) is 0. The Morgan fingerprint density at radius 3 is 2.43 bits per heavy atom. The quantitative estimate of drug-likeness (QED) is 0.873. The molecule has 0 heterocycles. The summed E-state index contributed by atoms with van der Waals surface area (Å²) in [5.41, 5.74) is 4.36. The molecule has 0 saturated carbocycles. The van der Waals surface area contributed by atoms with Gasteiger partial charge in [0.05, 0.1) is 0 Å². The first-order valence-corrected chi connectivity index (χ1v) is 7.46. The lowest BCUT2D eigenvalue weighted by Gasteiger charge is -2.18. The molecular formula is C19H24O2. The Balaban J connectivity index is 2.11. The Morgan fingerprint density at radius 2 is 1.71 bits per heavy atom. The Kier molecular flexibility index (Phi) is 5.03. The highest BCUT2D eigenvalue weighted by Crippen LogP contribution is 2.27. The molecule has 0 radical (unpaired) electrons. The largest absolute Gasteiger partial charge is 0.490 e. The van der Waals surface area contributed by atoms with Crippen molar-refractivity contribution in [3.8, 4) is 5.75 Å². The number of rotatable bonds is 5. The summed E-state index contributed by atoms with van der Waals surface area (Å²) in [5, 5.41) is 10.4. The number of benzene rings is 2. The first-order chi connectivity index (χ1) is 9.99. The minimum Gasteiger partial charge on any atom is -0.490 e. The van der Waals surface area contributed by atoms with Crippen LogP contribution in [0.15, 0.2) is 42.5 Å². The SMILES string of the molecule is Cc1ccc(C)c(C(O)COc2ccccc2C(C)C)c1. The van der Waals surface area contributed by atoms with Gasteiger partial charge in [-0.3, -0.25) is 0 Å². The second-order valence-electron chi connectivity index (χ2n) is 5.88. The van der Waals surface area contributed by atoms with Gasteiger partial charge in [-0.1, -0.05) is 55.8 Å². The maximum atomic E-state index is 10.4. The third kappa shape index (κ3) is 3.85. The van der Waals surface area contributed by atoms with Crippen LogP contribution in [0.2, 0.25) is 0 Å². The van der Waals surface area contributed by atoms with Gasteiger partial charge in [0.1, 0.15) is 18.5 Å². The standard InChI is InChI=1S/C19H24O2/c1-13(2)16-7-5-6-8-19(16)21-12-18(20)17-11-14(3)9-10-15(17)4/h5-11,13,18,20H,12H2,1-4H3. The molecule has 0 bridgehead atoms. The van der Waals surface area contributed by atoms with E-state index < -0.39 is 6.10 Å². The summed E-state index contributed by atoms with van der Waals surface area (Å²) in [6.07, 6.45) is -0.606. The summed E-state index contributed by atoms with van der Waals surface area (Å²) in [5.74, 6) is 1.26. The van der Waals surface area contributed by atoms with Gasteiger partial charge in [-0.15, -0.1) is 0 Å². The van der Waals surface area contributed by atoms with E-state index in [4.69, 9.17) is 4.74 Å². The number of aryl methyl sites for hydroxylation is 2. The van der Waals surface area contributed by atoms with Gasteiger partial charge in [-0.2, -0.15) is 0 Å². The minimum absolute atomic E-state index is 0.272. The van der Waals surface area contributed by atoms with E-state index in [0.29, 0.717) is 5.92 Å². The average molecular weight is 284 g/mol. The third-order valence-electron chi connectivity index (χ3n) is 3.73. The normalized spacial score (nSPS) is 12.5. The Morgan fingerprint density at radius 1 is 1.00 bits per heavy atom. The number of aliphatic hydroxyl groups excluding tert-OH is 1. The molecule has 2 aromatic carbocycles. The second-order valence-corrected chi connectivity index (χ2v) is 5.88. The molecule has 0 aliphatic rings. The van der Waals surface area contributed by atoms with Crippen LogP contribution in [0.25, 0.3) is 0 Å². The van der Waals surface area contributed by atoms with Crippen LogP contribution in [-0.2, 0) is 0 Å². The van der Waals surface area contributed by atoms with Crippen molar-refractivity contribution >= 4 is 0 Å². The fraction of sp³-hybridized carbons (Fsp3) is 0.368. The van der Waals surface area contributed by atoms with Gasteiger partial charge in [0, 0.05) is 0 Å². The zero-order valence-electron chi connectivity index (χ0n) is 13.3. The third-order valence-corrected chi connectivity index (χ3v) is 3.73. The number of aliphatic hydroxyl groups is 1. The zero-order chi connectivity index (χ0) is 15.4. The van der Waals surface area contributed by atoms with E-state index >= 15 is 0 Å². The first-order valence-electron chi connectivity index (χ1n) is 7.46. The number of hydrogen-bond acceptors (Lipinski definition) is 2. The van der Waals surface area contributed by atoms with E-state index in [-0.39, 0.29) is 6.61 Å². The number of ether oxygens (including phenoxy) is 1. The van der Waals surface area contributed by atoms with Gasteiger partial charge in [-0.05, 0) is 42.5 Å². The van der Waals surface area contributed by atoms with Crippen LogP contribution in [0.3, 0.4) is 0 Å². The average Bonchev–Trinajstić information content (AvgIpc) is 2.47. The van der Waals surface area contributed by atoms with E-state index in [2.05, 4.69) is 26.0 Å². The van der Waals surface area contributed by atoms with Crippen LogP contribution in [0.4, 0.5) is 0 Å². The molecule has 1 atom stereocenters. The molecule has 0 amide bonds. The van der Waals surface area contributed by atoms with Gasteiger partial charge in [0.25, 0.3) is 0 Å². The molecule has 21 heavy (non-hydrogen) atoms. The van der Waals surface area contributed by atoms with Gasteiger partial charge in [0.15, 0.2) is 0 Å². The Bertz CT molecular complexity index is 602. The van der Waals surface area contributed by atoms with Crippen LogP contribution in [0, 0.1) is 13.8 Å². The molecule has 0 fully saturated rings. The zero-order valence-corrected chi connectivity index (χ0v) is 13.3. The molecule has 0 aliphatic carbocycles. The van der Waals surface area contributed by atoms with Gasteiger partial charge in [0.2, 0.25) is 0 Å². The van der Waals surface area contributed by atoms with Crippen molar-refractivity contribution < 1.29 is 9.84 Å². The topological polar surface area (TPSA) is 29.5 Å². The van der Waals surface area contributed by atoms with Crippen molar-refractivity contribution in [3.05, 3.63) is 64.7 Å². The fourth-order valence-corrected chi connectivity index (χ4v) is 2.47. The molecule has 2 aromatic rings. The van der Waals surface area contributed by atoms with Crippen molar-refractivity contribution in [3.63, 3.8) is 0 Å². The molecular weight excluding hydrogens is 260 g/mol. The van der Waals surface area contributed by atoms with Crippen molar-refractivity contribution in [2.24, 2.45) is 0 Å². The highest BCUT2D eigenvalue weighted by molar-refractivity contribution is 5.36. The molecule has 2 nitrogen and oxygen atoms in total. The van der Waals surface area contributed by atoms with E-state index in [9.17, 15) is 5.11 Å². The van der Waals surface area contributed by atoms with Crippen molar-refractivity contribution in [2.45, 2.75) is 39.7 Å². The summed E-state index contributed by atoms with van der Waals surface area (Å²) in [7, 11) is 0. The van der Waals surface area contributed by atoms with Crippen LogP contribution >= 0.6 is 0 Å². The molecule has 1 N–H and O–H groups in total. The molecule has 2 heteroatoms. The predicted octanol–water partition coefficient (Wildman–Crippen LogP) is 4.54. The highest BCUT2D eigenvalue weighted by Gasteiger charge is 2.13. The summed E-state index contributed by atoms with van der Waals surface area (Å²) < 4.78 is 5.86. The van der Waals surface area contributed by atoms with E-state index in [1.807, 2.05) is 44.2 Å². The van der Waals surface area contributed by atoms with Crippen molar-refractivity contribution in [1.29, 1.82) is 0 Å². The maximum Gasteiger partial charge on any atom is 0.122 e. The van der Waals surface area contributed by atoms with Crippen LogP contribution in [-0.4, -0.2) is 11.7 Å². The Hall–Kier alpha value is -1.80. The smallest absolute Gasteiger partial charge is 0.122 e. The first kappa shape index (κ1) is 15.6. The lowest BCUT2D eigenvalue weighted by atomic mass is 10.0. The van der Waals surface area contributed by atoms with Gasteiger partial charge in [-0.25, -0.2) is 0 Å². The molecule has 0 spiro atoms. The van der Waals surface area contributed by atoms with E-state index in [0.717, 1.165) is 22.4 Å². The van der Waals surface area contributed by atoms with Crippen molar-refractivity contribution in [2.75, 3.05) is 6.61 Å². The summed E-state index contributed by atoms with van der Waals surface area (Å²) in [6, 6.07) is 14.1. The monoisotopic (exact) mass is 284 g/mol. The minimum atomic E-state index is -0.606. The van der Waals surface area contributed by atoms with Crippen LogP contribution in [0.1, 0.15) is 48.1 Å². The van der Waals surface area contributed by atoms with Crippen molar-refractivity contribution in [1.82, 2.24) is 0 Å². The predicted molar refractivity (Wildman–Crippen MR) is 86.9 cm³/mol. The molecule has 0 saturated heterocycles. The maximum absolute atomic E-state index is 10.4. The summed E-state index contributed by atoms with van der Waals surface area (Å²) >= 11 is 0. The number of hydrogen-bond donors (Lipinski definition) is 1. The number of para-hydroxylation sites is 1. The fourth-order valence-electron chi connectivity index (χ4n) is 2.47. The van der Waals surface area contributed by atoms with E-state index in [1.54, 1.807) is 0 Å². The van der Waals surface area contributed by atoms with Crippen LogP contribution < -0.4 is 4.74 Å². The van der Waals surface area contributed by atoms with Crippen LogP contribution in [0.5, 0.6) is 5.75 Å². The highest BCUT2D eigenvalue weighted by atomic mass is 16.5. The van der Waals surface area contributed by atoms with E-state index in [1.165, 1.54) is 5.56 Å². The molecule has 0 aliphatic heterocycles. The van der Waals surface area contributed by atoms with Gasteiger partial charge >= 0.3 is 0 Å².